The summed E-state index contributed by atoms with van der Waals surface area (Å²) in [7, 11) is 1.26. The number of hydrogen-bond donors (Lipinski definition) is 2. The molecule has 0 bridgehead atoms. The molecule has 1 aromatic rings. The van der Waals surface area contributed by atoms with Crippen molar-refractivity contribution in [1.29, 1.82) is 0 Å². The van der Waals surface area contributed by atoms with Crippen molar-refractivity contribution in [3.8, 4) is 0 Å². The number of methoxy groups -OCH3 is 1. The van der Waals surface area contributed by atoms with E-state index in [0.29, 0.717) is 25.4 Å². The number of likely N-dealkylation sites (tertiary alicyclic amines) is 1. The highest BCUT2D eigenvalue weighted by Crippen LogP contribution is 2.15. The number of carbonyl (C=O) groups is 4. The van der Waals surface area contributed by atoms with Gasteiger partial charge in [-0.15, -0.1) is 0 Å². The molecule has 10 heteroatoms. The number of hydrogen-bond acceptors (Lipinski definition) is 6. The van der Waals surface area contributed by atoms with Crippen LogP contribution in [-0.4, -0.2) is 59.4 Å². The first-order chi connectivity index (χ1) is 15.7. The Bertz CT molecular complexity index is 955. The maximum atomic E-state index is 12.8. The third-order valence-electron chi connectivity index (χ3n) is 5.36. The van der Waals surface area contributed by atoms with Gasteiger partial charge in [0.2, 0.25) is 17.7 Å². The van der Waals surface area contributed by atoms with E-state index in [2.05, 4.69) is 22.3 Å². The van der Waals surface area contributed by atoms with Crippen LogP contribution in [0.4, 0.5) is 5.69 Å². The summed E-state index contributed by atoms with van der Waals surface area (Å²) < 4.78 is 5.77. The summed E-state index contributed by atoms with van der Waals surface area (Å²) in [4.78, 5) is 62.6. The first-order valence-corrected chi connectivity index (χ1v) is 11.0. The lowest BCUT2D eigenvalue weighted by molar-refractivity contribution is -0.135. The zero-order valence-corrected chi connectivity index (χ0v) is 19.3. The van der Waals surface area contributed by atoms with Crippen molar-refractivity contribution < 1.29 is 23.9 Å². The Balaban J connectivity index is 2.06. The SMILES string of the molecule is COC(=O)/C=C/CCC(NC(C)=O)C(=O)Nc1cccn(CC(=O)N2CCCC(C)C2)c1=O. The molecule has 1 saturated heterocycles. The Morgan fingerprint density at radius 2 is 2.06 bits per heavy atom. The van der Waals surface area contributed by atoms with Crippen LogP contribution in [0.2, 0.25) is 0 Å². The Kier molecular flexibility index (Phi) is 9.84. The molecule has 2 heterocycles. The molecule has 1 aromatic heterocycles. The van der Waals surface area contributed by atoms with Crippen LogP contribution in [0, 0.1) is 5.92 Å². The molecule has 2 unspecified atom stereocenters. The van der Waals surface area contributed by atoms with Crippen molar-refractivity contribution in [2.24, 2.45) is 5.92 Å². The number of allylic oxidation sites excluding steroid dienone is 1. The van der Waals surface area contributed by atoms with Crippen LogP contribution in [0.15, 0.2) is 35.3 Å². The molecular formula is C23H32N4O6. The molecule has 2 rings (SSSR count). The van der Waals surface area contributed by atoms with E-state index in [1.165, 1.54) is 43.0 Å². The maximum Gasteiger partial charge on any atom is 0.330 e. The highest BCUT2D eigenvalue weighted by atomic mass is 16.5. The van der Waals surface area contributed by atoms with Gasteiger partial charge in [-0.2, -0.15) is 0 Å². The molecule has 0 radical (unpaired) electrons. The molecule has 180 valence electrons. The molecule has 0 aromatic carbocycles. The third-order valence-corrected chi connectivity index (χ3v) is 5.36. The van der Waals surface area contributed by atoms with Gasteiger partial charge >= 0.3 is 5.97 Å². The molecule has 10 nitrogen and oxygen atoms in total. The zero-order chi connectivity index (χ0) is 24.4. The van der Waals surface area contributed by atoms with Gasteiger partial charge in [-0.05, 0) is 43.7 Å². The second-order valence-electron chi connectivity index (χ2n) is 8.19. The van der Waals surface area contributed by atoms with E-state index in [0.717, 1.165) is 12.8 Å². The Morgan fingerprint density at radius 3 is 2.73 bits per heavy atom. The van der Waals surface area contributed by atoms with Gasteiger partial charge in [-0.1, -0.05) is 13.0 Å². The van der Waals surface area contributed by atoms with Gasteiger partial charge in [0, 0.05) is 32.3 Å². The van der Waals surface area contributed by atoms with Crippen LogP contribution < -0.4 is 16.2 Å². The van der Waals surface area contributed by atoms with E-state index >= 15 is 0 Å². The highest BCUT2D eigenvalue weighted by Gasteiger charge is 2.23. The van der Waals surface area contributed by atoms with Gasteiger partial charge in [0.15, 0.2) is 0 Å². The van der Waals surface area contributed by atoms with E-state index in [1.54, 1.807) is 11.0 Å². The molecule has 1 aliphatic heterocycles. The number of pyridine rings is 1. The van der Waals surface area contributed by atoms with Crippen molar-refractivity contribution >= 4 is 29.4 Å². The lowest BCUT2D eigenvalue weighted by Gasteiger charge is -2.31. The quantitative estimate of drug-likeness (QED) is 0.419. The summed E-state index contributed by atoms with van der Waals surface area (Å²) in [5.41, 5.74) is -0.487. The smallest absolute Gasteiger partial charge is 0.330 e. The van der Waals surface area contributed by atoms with Gasteiger partial charge in [0.25, 0.3) is 5.56 Å². The average molecular weight is 461 g/mol. The summed E-state index contributed by atoms with van der Waals surface area (Å²) >= 11 is 0. The van der Waals surface area contributed by atoms with Crippen LogP contribution in [0.25, 0.3) is 0 Å². The van der Waals surface area contributed by atoms with Gasteiger partial charge in [-0.25, -0.2) is 4.79 Å². The second-order valence-corrected chi connectivity index (χ2v) is 8.19. The van der Waals surface area contributed by atoms with Crippen LogP contribution >= 0.6 is 0 Å². The number of aromatic nitrogens is 1. The number of anilines is 1. The van der Waals surface area contributed by atoms with E-state index in [4.69, 9.17) is 0 Å². The second kappa shape index (κ2) is 12.6. The summed E-state index contributed by atoms with van der Waals surface area (Å²) in [6, 6.07) is 2.12. The number of ether oxygens (including phenoxy) is 1. The van der Waals surface area contributed by atoms with Gasteiger partial charge in [-0.3, -0.25) is 19.2 Å². The van der Waals surface area contributed by atoms with Crippen LogP contribution in [0.1, 0.15) is 39.5 Å². The molecule has 0 spiro atoms. The van der Waals surface area contributed by atoms with Crippen molar-refractivity contribution in [3.05, 3.63) is 40.8 Å². The molecule has 1 fully saturated rings. The first kappa shape index (κ1) is 25.8. The average Bonchev–Trinajstić information content (AvgIpc) is 2.77. The van der Waals surface area contributed by atoms with Crippen LogP contribution in [-0.2, 0) is 30.5 Å². The summed E-state index contributed by atoms with van der Waals surface area (Å²) in [6.45, 7) is 4.62. The summed E-state index contributed by atoms with van der Waals surface area (Å²) in [5, 5.41) is 5.09. The molecule has 2 N–H and O–H groups in total. The minimum Gasteiger partial charge on any atom is -0.466 e. The van der Waals surface area contributed by atoms with E-state index < -0.39 is 29.4 Å². The number of piperidine rings is 1. The molecule has 33 heavy (non-hydrogen) atoms. The van der Waals surface area contributed by atoms with Crippen molar-refractivity contribution in [2.45, 2.75) is 52.1 Å². The fraction of sp³-hybridized carbons (Fsp3) is 0.522. The largest absolute Gasteiger partial charge is 0.466 e. The minimum atomic E-state index is -0.908. The Hall–Kier alpha value is -3.43. The molecular weight excluding hydrogens is 428 g/mol. The predicted octanol–water partition coefficient (Wildman–Crippen LogP) is 1.06. The molecule has 1 aliphatic rings. The fourth-order valence-corrected chi connectivity index (χ4v) is 3.66. The third kappa shape index (κ3) is 8.21. The number of esters is 1. The normalized spacial score (nSPS) is 16.8. The predicted molar refractivity (Wildman–Crippen MR) is 122 cm³/mol. The number of amides is 3. The number of nitrogens with one attached hydrogen (secondary N) is 2. The molecule has 3 amide bonds. The fourth-order valence-electron chi connectivity index (χ4n) is 3.66. The maximum absolute atomic E-state index is 12.8. The minimum absolute atomic E-state index is 0.0165. The van der Waals surface area contributed by atoms with Crippen molar-refractivity contribution in [2.75, 3.05) is 25.5 Å². The molecule has 2 atom stereocenters. The number of rotatable bonds is 9. The standard InChI is InChI=1S/C23H32N4O6/c1-16-8-6-12-26(14-16)20(29)15-27-13-7-10-19(23(27)32)25-22(31)18(24-17(2)28)9-4-5-11-21(30)33-3/h5,7,10-11,13,16,18H,4,6,8-9,12,14-15H2,1-3H3,(H,24,28)(H,25,31)/b11-5+. The van der Waals surface area contributed by atoms with E-state index in [-0.39, 0.29) is 24.6 Å². The summed E-state index contributed by atoms with van der Waals surface area (Å²) in [6.07, 6.45) is 6.85. The lowest BCUT2D eigenvalue weighted by atomic mass is 10.0. The molecule has 0 saturated carbocycles. The van der Waals surface area contributed by atoms with Gasteiger partial charge in [0.1, 0.15) is 18.3 Å². The number of carbonyl (C=O) groups excluding carboxylic acids is 4. The Morgan fingerprint density at radius 1 is 1.30 bits per heavy atom. The van der Waals surface area contributed by atoms with E-state index in [9.17, 15) is 24.0 Å². The van der Waals surface area contributed by atoms with Crippen LogP contribution in [0.5, 0.6) is 0 Å². The monoisotopic (exact) mass is 460 g/mol. The van der Waals surface area contributed by atoms with Crippen LogP contribution in [0.3, 0.4) is 0 Å². The lowest BCUT2D eigenvalue weighted by Crippen LogP contribution is -2.44. The van der Waals surface area contributed by atoms with Crippen molar-refractivity contribution in [3.63, 3.8) is 0 Å². The number of nitrogens with zero attached hydrogens (tertiary/aromatic N) is 2. The van der Waals surface area contributed by atoms with Crippen molar-refractivity contribution in [1.82, 2.24) is 14.8 Å². The van der Waals surface area contributed by atoms with Gasteiger partial charge in [0.05, 0.1) is 7.11 Å². The molecule has 0 aliphatic carbocycles. The first-order valence-electron chi connectivity index (χ1n) is 11.0. The summed E-state index contributed by atoms with van der Waals surface area (Å²) in [5.74, 6) is -1.20. The van der Waals surface area contributed by atoms with E-state index in [1.807, 2.05) is 0 Å². The topological polar surface area (TPSA) is 127 Å². The zero-order valence-electron chi connectivity index (χ0n) is 19.3. The van der Waals surface area contributed by atoms with Gasteiger partial charge < -0.3 is 24.8 Å². The highest BCUT2D eigenvalue weighted by molar-refractivity contribution is 5.96. The Labute approximate surface area is 193 Å².